The molecule has 0 atom stereocenters. The van der Waals surface area contributed by atoms with E-state index in [0.717, 1.165) is 11.1 Å². The maximum absolute atomic E-state index is 12.8. The van der Waals surface area contributed by atoms with Crippen molar-refractivity contribution in [3.05, 3.63) is 77.6 Å². The molecule has 0 spiro atoms. The first-order valence-corrected chi connectivity index (χ1v) is 6.38. The maximum Gasteiger partial charge on any atom is 0.246 e. The van der Waals surface area contributed by atoms with Crippen LogP contribution in [0.25, 0.3) is 6.08 Å². The van der Waals surface area contributed by atoms with Gasteiger partial charge in [0.2, 0.25) is 5.91 Å². The van der Waals surface area contributed by atoms with E-state index in [1.165, 1.54) is 18.2 Å². The minimum Gasteiger partial charge on any atom is -0.338 e. The molecular formula is C17H16FNO. The first-order valence-electron chi connectivity index (χ1n) is 6.38. The second-order valence-corrected chi connectivity index (χ2v) is 4.56. The van der Waals surface area contributed by atoms with Crippen LogP contribution in [0.3, 0.4) is 0 Å². The third-order valence-corrected chi connectivity index (χ3v) is 2.93. The summed E-state index contributed by atoms with van der Waals surface area (Å²) < 4.78 is 12.8. The lowest BCUT2D eigenvalue weighted by atomic mass is 10.2. The molecule has 0 unspecified atom stereocenters. The van der Waals surface area contributed by atoms with Crippen molar-refractivity contribution < 1.29 is 9.18 Å². The van der Waals surface area contributed by atoms with Gasteiger partial charge in [0.05, 0.1) is 0 Å². The lowest BCUT2D eigenvalue weighted by Gasteiger charge is -2.14. The SMILES string of the molecule is CN(Cc1ccccc1)C(=O)C=Cc1ccc(F)cc1. The summed E-state index contributed by atoms with van der Waals surface area (Å²) in [6, 6.07) is 15.8. The highest BCUT2D eigenvalue weighted by Gasteiger charge is 2.05. The Hall–Kier alpha value is -2.42. The molecule has 102 valence electrons. The van der Waals surface area contributed by atoms with Crippen LogP contribution in [0.5, 0.6) is 0 Å². The number of benzene rings is 2. The van der Waals surface area contributed by atoms with E-state index >= 15 is 0 Å². The van der Waals surface area contributed by atoms with Gasteiger partial charge in [-0.1, -0.05) is 42.5 Å². The molecule has 0 fully saturated rings. The molecule has 1 amide bonds. The molecule has 0 heterocycles. The van der Waals surface area contributed by atoms with E-state index in [4.69, 9.17) is 0 Å². The summed E-state index contributed by atoms with van der Waals surface area (Å²) in [5.41, 5.74) is 1.88. The van der Waals surface area contributed by atoms with Crippen molar-refractivity contribution >= 4 is 12.0 Å². The highest BCUT2D eigenvalue weighted by molar-refractivity contribution is 5.91. The average molecular weight is 269 g/mol. The van der Waals surface area contributed by atoms with Gasteiger partial charge in [-0.3, -0.25) is 4.79 Å². The monoisotopic (exact) mass is 269 g/mol. The molecule has 0 aromatic heterocycles. The van der Waals surface area contributed by atoms with Crippen LogP contribution in [0.1, 0.15) is 11.1 Å². The molecule has 2 aromatic rings. The number of hydrogen-bond acceptors (Lipinski definition) is 1. The Morgan fingerprint density at radius 1 is 1.10 bits per heavy atom. The number of amides is 1. The number of nitrogens with zero attached hydrogens (tertiary/aromatic N) is 1. The lowest BCUT2D eigenvalue weighted by molar-refractivity contribution is -0.125. The molecule has 2 nitrogen and oxygen atoms in total. The van der Waals surface area contributed by atoms with Crippen molar-refractivity contribution in [3.63, 3.8) is 0 Å². The third kappa shape index (κ3) is 4.05. The Bertz CT molecular complexity index is 590. The van der Waals surface area contributed by atoms with E-state index in [2.05, 4.69) is 0 Å². The zero-order chi connectivity index (χ0) is 14.4. The number of hydrogen-bond donors (Lipinski definition) is 0. The van der Waals surface area contributed by atoms with Crippen LogP contribution < -0.4 is 0 Å². The Balaban J connectivity index is 1.95. The van der Waals surface area contributed by atoms with Crippen molar-refractivity contribution in [2.75, 3.05) is 7.05 Å². The minimum absolute atomic E-state index is 0.0850. The molecule has 20 heavy (non-hydrogen) atoms. The first-order chi connectivity index (χ1) is 9.65. The summed E-state index contributed by atoms with van der Waals surface area (Å²) in [5.74, 6) is -0.368. The molecule has 0 saturated heterocycles. The summed E-state index contributed by atoms with van der Waals surface area (Å²) in [6.07, 6.45) is 3.18. The van der Waals surface area contributed by atoms with Gasteiger partial charge >= 0.3 is 0 Å². The molecule has 0 N–H and O–H groups in total. The van der Waals surface area contributed by atoms with E-state index in [0.29, 0.717) is 6.54 Å². The molecule has 0 radical (unpaired) electrons. The smallest absolute Gasteiger partial charge is 0.246 e. The van der Waals surface area contributed by atoms with Crippen LogP contribution in [0.4, 0.5) is 4.39 Å². The second kappa shape index (κ2) is 6.66. The van der Waals surface area contributed by atoms with E-state index in [-0.39, 0.29) is 11.7 Å². The van der Waals surface area contributed by atoms with Gasteiger partial charge in [-0.15, -0.1) is 0 Å². The predicted molar refractivity (Wildman–Crippen MR) is 78.4 cm³/mol. The zero-order valence-corrected chi connectivity index (χ0v) is 11.3. The van der Waals surface area contributed by atoms with Crippen molar-refractivity contribution in [2.24, 2.45) is 0 Å². The largest absolute Gasteiger partial charge is 0.338 e. The Labute approximate surface area is 118 Å². The van der Waals surface area contributed by atoms with E-state index in [9.17, 15) is 9.18 Å². The maximum atomic E-state index is 12.8. The van der Waals surface area contributed by atoms with E-state index in [1.54, 1.807) is 30.2 Å². The van der Waals surface area contributed by atoms with Gasteiger partial charge in [0.25, 0.3) is 0 Å². The van der Waals surface area contributed by atoms with E-state index in [1.807, 2.05) is 30.3 Å². The second-order valence-electron chi connectivity index (χ2n) is 4.56. The van der Waals surface area contributed by atoms with E-state index < -0.39 is 0 Å². The highest BCUT2D eigenvalue weighted by Crippen LogP contribution is 2.06. The quantitative estimate of drug-likeness (QED) is 0.778. The summed E-state index contributed by atoms with van der Waals surface area (Å²) >= 11 is 0. The molecule has 0 aliphatic rings. The standard InChI is InChI=1S/C17H16FNO/c1-19(13-15-5-3-2-4-6-15)17(20)12-9-14-7-10-16(18)11-8-14/h2-12H,13H2,1H3. The number of likely N-dealkylation sites (N-methyl/N-ethyl adjacent to an activating group) is 1. The molecule has 2 aromatic carbocycles. The first kappa shape index (κ1) is 14.0. The van der Waals surface area contributed by atoms with Crippen molar-refractivity contribution in [3.8, 4) is 0 Å². The van der Waals surface area contributed by atoms with Crippen LogP contribution in [0, 0.1) is 5.82 Å². The molecule has 2 rings (SSSR count). The number of rotatable bonds is 4. The molecule has 0 bridgehead atoms. The van der Waals surface area contributed by atoms with Crippen LogP contribution in [-0.2, 0) is 11.3 Å². The van der Waals surface area contributed by atoms with Gasteiger partial charge in [-0.2, -0.15) is 0 Å². The predicted octanol–water partition coefficient (Wildman–Crippen LogP) is 3.50. The van der Waals surface area contributed by atoms with Crippen LogP contribution in [0.15, 0.2) is 60.7 Å². The van der Waals surface area contributed by atoms with Crippen molar-refractivity contribution in [2.45, 2.75) is 6.54 Å². The summed E-state index contributed by atoms with van der Waals surface area (Å²) in [4.78, 5) is 13.6. The van der Waals surface area contributed by atoms with Crippen LogP contribution in [0.2, 0.25) is 0 Å². The number of halogens is 1. The Morgan fingerprint density at radius 3 is 2.40 bits per heavy atom. The van der Waals surface area contributed by atoms with Gasteiger partial charge < -0.3 is 4.90 Å². The van der Waals surface area contributed by atoms with Gasteiger partial charge in [-0.25, -0.2) is 4.39 Å². The van der Waals surface area contributed by atoms with Gasteiger partial charge in [-0.05, 0) is 29.3 Å². The molecule has 0 aliphatic heterocycles. The fraction of sp³-hybridized carbons (Fsp3) is 0.118. The summed E-state index contributed by atoms with van der Waals surface area (Å²) in [7, 11) is 1.75. The fourth-order valence-electron chi connectivity index (χ4n) is 1.80. The summed E-state index contributed by atoms with van der Waals surface area (Å²) in [5, 5.41) is 0. The zero-order valence-electron chi connectivity index (χ0n) is 11.3. The fourth-order valence-corrected chi connectivity index (χ4v) is 1.80. The Morgan fingerprint density at radius 2 is 1.75 bits per heavy atom. The molecule has 3 heteroatoms. The molecular weight excluding hydrogens is 253 g/mol. The summed E-state index contributed by atoms with van der Waals surface area (Å²) in [6.45, 7) is 0.563. The van der Waals surface area contributed by atoms with Gasteiger partial charge in [0.15, 0.2) is 0 Å². The van der Waals surface area contributed by atoms with Crippen LogP contribution in [-0.4, -0.2) is 17.9 Å². The molecule has 0 saturated carbocycles. The number of carbonyl (C=O) groups excluding carboxylic acids is 1. The lowest BCUT2D eigenvalue weighted by Crippen LogP contribution is -2.23. The highest BCUT2D eigenvalue weighted by atomic mass is 19.1. The minimum atomic E-state index is -0.283. The van der Waals surface area contributed by atoms with Crippen molar-refractivity contribution in [1.82, 2.24) is 4.90 Å². The van der Waals surface area contributed by atoms with Crippen molar-refractivity contribution in [1.29, 1.82) is 0 Å². The molecule has 0 aliphatic carbocycles. The Kier molecular flexibility index (Phi) is 4.66. The van der Waals surface area contributed by atoms with Gasteiger partial charge in [0, 0.05) is 19.7 Å². The average Bonchev–Trinajstić information content (AvgIpc) is 2.47. The topological polar surface area (TPSA) is 20.3 Å². The number of carbonyl (C=O) groups is 1. The normalized spacial score (nSPS) is 10.7. The van der Waals surface area contributed by atoms with Gasteiger partial charge in [0.1, 0.15) is 5.82 Å². The van der Waals surface area contributed by atoms with Crippen LogP contribution >= 0.6 is 0 Å². The third-order valence-electron chi connectivity index (χ3n) is 2.93.